The first-order valence-electron chi connectivity index (χ1n) is 3.51. The SMILES string of the molecule is C[O][Sn]([CH2]CCO)([O]C)[O]C. The molecule has 0 atom stereocenters. The molecule has 0 aromatic rings. The first-order valence-corrected chi connectivity index (χ1v) is 9.02. The van der Waals surface area contributed by atoms with Crippen LogP contribution >= 0.6 is 0 Å². The van der Waals surface area contributed by atoms with Crippen molar-refractivity contribution in [2.45, 2.75) is 10.9 Å². The predicted octanol–water partition coefficient (Wildman–Crippen LogP) is 0.247. The maximum atomic E-state index is 8.58. The molecule has 11 heavy (non-hydrogen) atoms. The molecule has 0 unspecified atom stereocenters. The van der Waals surface area contributed by atoms with Crippen LogP contribution in [0.15, 0.2) is 0 Å². The third kappa shape index (κ3) is 3.70. The van der Waals surface area contributed by atoms with Crippen molar-refractivity contribution in [1.29, 1.82) is 0 Å². The van der Waals surface area contributed by atoms with Crippen molar-refractivity contribution in [3.8, 4) is 0 Å². The molecule has 68 valence electrons. The van der Waals surface area contributed by atoms with E-state index in [0.717, 1.165) is 4.44 Å². The quantitative estimate of drug-likeness (QED) is 0.703. The Balaban J connectivity index is 3.84. The molecule has 1 N–H and O–H groups in total. The van der Waals surface area contributed by atoms with Crippen LogP contribution in [0.2, 0.25) is 4.44 Å². The molecule has 0 saturated heterocycles. The van der Waals surface area contributed by atoms with Gasteiger partial charge in [-0.05, 0) is 0 Å². The molecule has 0 saturated carbocycles. The molecule has 4 nitrogen and oxygen atoms in total. The first-order chi connectivity index (χ1) is 5.24. The number of aliphatic hydroxyl groups excluding tert-OH is 1. The second kappa shape index (κ2) is 6.19. The molecular weight excluding hydrogens is 255 g/mol. The van der Waals surface area contributed by atoms with Gasteiger partial charge in [0.05, 0.1) is 0 Å². The van der Waals surface area contributed by atoms with E-state index in [1.165, 1.54) is 0 Å². The van der Waals surface area contributed by atoms with Crippen molar-refractivity contribution in [2.75, 3.05) is 27.9 Å². The van der Waals surface area contributed by atoms with Gasteiger partial charge >= 0.3 is 72.7 Å². The second-order valence-electron chi connectivity index (χ2n) is 2.12. The molecule has 0 aromatic heterocycles. The Morgan fingerprint density at radius 1 is 1.09 bits per heavy atom. The Kier molecular flexibility index (Phi) is 6.55. The molecule has 5 heteroatoms. The van der Waals surface area contributed by atoms with Crippen LogP contribution in [-0.4, -0.2) is 52.7 Å². The molecule has 0 aliphatic carbocycles. The summed E-state index contributed by atoms with van der Waals surface area (Å²) in [5.74, 6) is 0. The van der Waals surface area contributed by atoms with Gasteiger partial charge in [-0.2, -0.15) is 0 Å². The van der Waals surface area contributed by atoms with Gasteiger partial charge < -0.3 is 0 Å². The van der Waals surface area contributed by atoms with Gasteiger partial charge in [0.25, 0.3) is 0 Å². The van der Waals surface area contributed by atoms with E-state index >= 15 is 0 Å². The van der Waals surface area contributed by atoms with Crippen molar-refractivity contribution >= 4 is 19.6 Å². The fourth-order valence-corrected chi connectivity index (χ4v) is 5.71. The van der Waals surface area contributed by atoms with E-state index in [4.69, 9.17) is 14.3 Å². The van der Waals surface area contributed by atoms with Gasteiger partial charge in [-0.15, -0.1) is 0 Å². The van der Waals surface area contributed by atoms with Crippen LogP contribution in [0.25, 0.3) is 0 Å². The van der Waals surface area contributed by atoms with Gasteiger partial charge in [0.1, 0.15) is 0 Å². The van der Waals surface area contributed by atoms with Crippen LogP contribution in [-0.2, 0) is 9.22 Å². The zero-order chi connectivity index (χ0) is 8.74. The van der Waals surface area contributed by atoms with Crippen LogP contribution in [0.3, 0.4) is 0 Å². The number of aliphatic hydroxyl groups is 1. The van der Waals surface area contributed by atoms with Gasteiger partial charge in [-0.25, -0.2) is 0 Å². The first kappa shape index (κ1) is 11.6. The molecule has 0 bridgehead atoms. The molecule has 0 amide bonds. The van der Waals surface area contributed by atoms with Gasteiger partial charge in [-0.3, -0.25) is 0 Å². The molecule has 0 radical (unpaired) electrons. The number of hydrogen-bond acceptors (Lipinski definition) is 4. The summed E-state index contributed by atoms with van der Waals surface area (Å²) in [6.07, 6.45) is 0.686. The minimum atomic E-state index is -3.12. The van der Waals surface area contributed by atoms with Crippen LogP contribution in [0, 0.1) is 0 Å². The fourth-order valence-electron chi connectivity index (χ4n) is 0.852. The maximum absolute atomic E-state index is 8.58. The van der Waals surface area contributed by atoms with E-state index in [1.807, 2.05) is 0 Å². The Hall–Kier alpha value is 0.639. The van der Waals surface area contributed by atoms with Crippen LogP contribution in [0.5, 0.6) is 0 Å². The van der Waals surface area contributed by atoms with E-state index in [2.05, 4.69) is 0 Å². The molecule has 0 aliphatic rings. The van der Waals surface area contributed by atoms with Crippen molar-refractivity contribution in [1.82, 2.24) is 0 Å². The summed E-state index contributed by atoms with van der Waals surface area (Å²) < 4.78 is 16.3. The van der Waals surface area contributed by atoms with Gasteiger partial charge in [-0.1, -0.05) is 0 Å². The topological polar surface area (TPSA) is 47.9 Å². The molecule has 0 aromatic carbocycles. The minimum absolute atomic E-state index is 0.161. The van der Waals surface area contributed by atoms with E-state index < -0.39 is 19.6 Å². The molecule has 0 fully saturated rings. The second-order valence-corrected chi connectivity index (χ2v) is 10.9. The molecule has 0 spiro atoms. The average Bonchev–Trinajstić information content (AvgIpc) is 2.08. The van der Waals surface area contributed by atoms with Crippen molar-refractivity contribution in [3.05, 3.63) is 0 Å². The predicted molar refractivity (Wildman–Crippen MR) is 43.3 cm³/mol. The third-order valence-corrected chi connectivity index (χ3v) is 9.66. The summed E-state index contributed by atoms with van der Waals surface area (Å²) in [4.78, 5) is 0. The average molecular weight is 271 g/mol. The van der Waals surface area contributed by atoms with Gasteiger partial charge in [0.15, 0.2) is 0 Å². The summed E-state index contributed by atoms with van der Waals surface area (Å²) in [6, 6.07) is 0. The monoisotopic (exact) mass is 272 g/mol. The normalized spacial score (nSPS) is 12.0. The Labute approximate surface area is 73.0 Å². The van der Waals surface area contributed by atoms with E-state index in [9.17, 15) is 0 Å². The summed E-state index contributed by atoms with van der Waals surface area (Å²) in [7, 11) is 4.79. The van der Waals surface area contributed by atoms with E-state index in [0.29, 0.717) is 6.42 Å². The molecule has 0 heterocycles. The summed E-state index contributed by atoms with van der Waals surface area (Å²) in [5, 5.41) is 8.58. The van der Waals surface area contributed by atoms with Crippen LogP contribution < -0.4 is 0 Å². The third-order valence-electron chi connectivity index (χ3n) is 1.57. The van der Waals surface area contributed by atoms with Crippen molar-refractivity contribution < 1.29 is 14.3 Å². The fraction of sp³-hybridized carbons (Fsp3) is 1.00. The van der Waals surface area contributed by atoms with Crippen molar-refractivity contribution in [3.63, 3.8) is 0 Å². The molecule has 0 aliphatic heterocycles. The molecular formula is C6H16O4Sn. The number of rotatable bonds is 6. The number of hydrogen-bond donors (Lipinski definition) is 1. The Bertz CT molecular complexity index is 86.3. The summed E-state index contributed by atoms with van der Waals surface area (Å²) in [6.45, 7) is 0.161. The molecule has 0 rings (SSSR count). The summed E-state index contributed by atoms with van der Waals surface area (Å²) in [5.41, 5.74) is 0. The van der Waals surface area contributed by atoms with E-state index in [-0.39, 0.29) is 6.61 Å². The van der Waals surface area contributed by atoms with Gasteiger partial charge in [0.2, 0.25) is 0 Å². The summed E-state index contributed by atoms with van der Waals surface area (Å²) >= 11 is -3.12. The van der Waals surface area contributed by atoms with E-state index in [1.54, 1.807) is 21.3 Å². The Morgan fingerprint density at radius 3 is 1.82 bits per heavy atom. The standard InChI is InChI=1S/C3H7O.3CH3O.Sn/c1-2-3-4;3*1-2;/h4H,1-3H2;3*1H3;/q;3*-1;+3. The van der Waals surface area contributed by atoms with Crippen LogP contribution in [0.4, 0.5) is 0 Å². The van der Waals surface area contributed by atoms with Crippen molar-refractivity contribution in [2.24, 2.45) is 0 Å². The van der Waals surface area contributed by atoms with Crippen LogP contribution in [0.1, 0.15) is 6.42 Å². The Morgan fingerprint density at radius 2 is 1.55 bits per heavy atom. The zero-order valence-corrected chi connectivity index (χ0v) is 10.1. The van der Waals surface area contributed by atoms with Gasteiger partial charge in [0, 0.05) is 0 Å². The zero-order valence-electron chi connectivity index (χ0n) is 7.29.